The van der Waals surface area contributed by atoms with Gasteiger partial charge < -0.3 is 24.2 Å². The molecular formula is C30H31ClF3N5O3S. The van der Waals surface area contributed by atoms with Crippen LogP contribution in [0.4, 0.5) is 24.7 Å². The maximum atomic E-state index is 13.2. The number of nitrogens with zero attached hydrogens (tertiary/aromatic N) is 5. The van der Waals surface area contributed by atoms with Crippen molar-refractivity contribution in [2.75, 3.05) is 62.3 Å². The number of rotatable bonds is 6. The van der Waals surface area contributed by atoms with Crippen LogP contribution in [0.25, 0.3) is 0 Å². The Balaban J connectivity index is 1.02. The topological polar surface area (TPSA) is 71.0 Å². The number of amides is 1. The lowest BCUT2D eigenvalue weighted by molar-refractivity contribution is -0.181. The maximum absolute atomic E-state index is 13.2. The number of hydrogen-bond donors (Lipinski definition) is 0. The number of anilines is 2. The van der Waals surface area contributed by atoms with E-state index in [0.717, 1.165) is 11.6 Å². The Bertz CT molecular complexity index is 1440. The molecule has 3 aliphatic rings. The summed E-state index contributed by atoms with van der Waals surface area (Å²) in [7, 11) is 0. The van der Waals surface area contributed by atoms with Gasteiger partial charge in [0.05, 0.1) is 18.8 Å². The number of alkyl halides is 3. The quantitative estimate of drug-likeness (QED) is 0.193. The molecule has 2 aromatic carbocycles. The summed E-state index contributed by atoms with van der Waals surface area (Å²) in [6.45, 7) is 4.70. The first-order valence-corrected chi connectivity index (χ1v) is 15.5. The summed E-state index contributed by atoms with van der Waals surface area (Å²) < 4.78 is 51.0. The number of halogens is 4. The molecule has 13 heteroatoms. The van der Waals surface area contributed by atoms with Crippen LogP contribution in [-0.4, -0.2) is 79.0 Å². The van der Waals surface area contributed by atoms with Gasteiger partial charge in [-0.25, -0.2) is 9.97 Å². The average molecular weight is 634 g/mol. The summed E-state index contributed by atoms with van der Waals surface area (Å²) in [5, 5.41) is 0.854. The van der Waals surface area contributed by atoms with Crippen molar-refractivity contribution >= 4 is 40.8 Å². The number of hydrogen-bond acceptors (Lipinski definition) is 8. The number of benzene rings is 2. The van der Waals surface area contributed by atoms with Crippen LogP contribution in [-0.2, 0) is 21.4 Å². The van der Waals surface area contributed by atoms with Crippen molar-refractivity contribution < 1.29 is 27.4 Å². The first kappa shape index (κ1) is 30.0. The third-order valence-electron chi connectivity index (χ3n) is 8.00. The van der Waals surface area contributed by atoms with Crippen LogP contribution in [0.15, 0.2) is 59.8 Å². The standard InChI is InChI=1S/C30H31ClF3N5O3S/c31-25-19-26(38-14-12-37(13-15-38)24-3-1-2-23(18-24)30(32,33)34)36-28(35-25)43-20-21-4-6-22(7-5-21)27(40)39-10-8-29(9-11-39)41-16-17-42-29/h1-7,18-19H,8-17,20H2. The van der Waals surface area contributed by atoms with E-state index in [2.05, 4.69) is 9.88 Å². The fourth-order valence-corrected chi connectivity index (χ4v) is 6.63. The minimum Gasteiger partial charge on any atom is -0.368 e. The monoisotopic (exact) mass is 633 g/mol. The van der Waals surface area contributed by atoms with Gasteiger partial charge in [0.2, 0.25) is 0 Å². The molecule has 0 radical (unpaired) electrons. The Morgan fingerprint density at radius 2 is 1.58 bits per heavy atom. The van der Waals surface area contributed by atoms with Crippen molar-refractivity contribution in [3.8, 4) is 0 Å². The van der Waals surface area contributed by atoms with Gasteiger partial charge in [-0.2, -0.15) is 13.2 Å². The molecule has 0 bridgehead atoms. The van der Waals surface area contributed by atoms with E-state index in [0.29, 0.717) is 98.5 Å². The highest BCUT2D eigenvalue weighted by Gasteiger charge is 2.41. The minimum atomic E-state index is -4.37. The number of piperazine rings is 1. The Hall–Kier alpha value is -3.06. The zero-order valence-corrected chi connectivity index (χ0v) is 24.9. The van der Waals surface area contributed by atoms with Crippen molar-refractivity contribution in [3.63, 3.8) is 0 Å². The van der Waals surface area contributed by atoms with Crippen molar-refractivity contribution in [2.45, 2.75) is 35.7 Å². The van der Waals surface area contributed by atoms with Crippen LogP contribution in [0, 0.1) is 0 Å². The summed E-state index contributed by atoms with van der Waals surface area (Å²) in [6, 6.07) is 14.7. The van der Waals surface area contributed by atoms with Gasteiger partial charge in [0, 0.05) is 75.2 Å². The lowest BCUT2D eigenvalue weighted by atomic mass is 10.0. The molecule has 0 atom stereocenters. The van der Waals surface area contributed by atoms with Gasteiger partial charge in [0.1, 0.15) is 11.0 Å². The second-order valence-corrected chi connectivity index (χ2v) is 12.1. The van der Waals surface area contributed by atoms with Crippen LogP contribution in [0.1, 0.15) is 34.3 Å². The molecule has 4 heterocycles. The second-order valence-electron chi connectivity index (χ2n) is 10.7. The van der Waals surface area contributed by atoms with E-state index in [1.165, 1.54) is 23.9 Å². The molecule has 1 aromatic heterocycles. The molecule has 8 nitrogen and oxygen atoms in total. The molecule has 3 aromatic rings. The fourth-order valence-electron chi connectivity index (χ4n) is 5.59. The van der Waals surface area contributed by atoms with Gasteiger partial charge in [0.15, 0.2) is 10.9 Å². The van der Waals surface area contributed by atoms with Gasteiger partial charge in [-0.05, 0) is 35.9 Å². The molecule has 3 saturated heterocycles. The highest BCUT2D eigenvalue weighted by atomic mass is 35.5. The summed E-state index contributed by atoms with van der Waals surface area (Å²) >= 11 is 7.79. The molecule has 3 fully saturated rings. The first-order chi connectivity index (χ1) is 20.7. The summed E-state index contributed by atoms with van der Waals surface area (Å²) in [5.74, 6) is 0.770. The van der Waals surface area contributed by atoms with Gasteiger partial charge in [0.25, 0.3) is 5.91 Å². The third-order valence-corrected chi connectivity index (χ3v) is 9.11. The normalized spacial score (nSPS) is 18.8. The zero-order valence-electron chi connectivity index (χ0n) is 23.4. The molecule has 0 N–H and O–H groups in total. The van der Waals surface area contributed by atoms with E-state index in [1.807, 2.05) is 34.1 Å². The van der Waals surface area contributed by atoms with Gasteiger partial charge in [-0.15, -0.1) is 0 Å². The number of carbonyl (C=O) groups excluding carboxylic acids is 1. The predicted octanol–water partition coefficient (Wildman–Crippen LogP) is 5.75. The second kappa shape index (κ2) is 12.5. The fraction of sp³-hybridized carbons (Fsp3) is 0.433. The highest BCUT2D eigenvalue weighted by Crippen LogP contribution is 2.33. The number of carbonyl (C=O) groups is 1. The van der Waals surface area contributed by atoms with E-state index in [9.17, 15) is 18.0 Å². The SMILES string of the molecule is O=C(c1ccc(CSc2nc(Cl)cc(N3CCN(c4cccc(C(F)(F)F)c4)CC3)n2)cc1)N1CCC2(CC1)OCCO2. The van der Waals surface area contributed by atoms with E-state index in [-0.39, 0.29) is 5.91 Å². The lowest BCUT2D eigenvalue weighted by Gasteiger charge is -2.37. The van der Waals surface area contributed by atoms with Crippen LogP contribution in [0.5, 0.6) is 0 Å². The van der Waals surface area contributed by atoms with Crippen LogP contribution < -0.4 is 9.80 Å². The summed E-state index contributed by atoms with van der Waals surface area (Å²) in [6.07, 6.45) is -3.01. The molecular weight excluding hydrogens is 603 g/mol. The first-order valence-electron chi connectivity index (χ1n) is 14.2. The number of likely N-dealkylation sites (tertiary alicyclic amines) is 1. The largest absolute Gasteiger partial charge is 0.416 e. The van der Waals surface area contributed by atoms with Crippen LogP contribution in [0.3, 0.4) is 0 Å². The highest BCUT2D eigenvalue weighted by molar-refractivity contribution is 7.98. The van der Waals surface area contributed by atoms with E-state index < -0.39 is 17.5 Å². The van der Waals surface area contributed by atoms with Crippen LogP contribution >= 0.6 is 23.4 Å². The molecule has 228 valence electrons. The predicted molar refractivity (Wildman–Crippen MR) is 159 cm³/mol. The molecule has 3 aliphatic heterocycles. The third kappa shape index (κ3) is 7.03. The van der Waals surface area contributed by atoms with Gasteiger partial charge in [-0.3, -0.25) is 4.79 Å². The van der Waals surface area contributed by atoms with Crippen LogP contribution in [0.2, 0.25) is 5.15 Å². The summed E-state index contributed by atoms with van der Waals surface area (Å²) in [5.41, 5.74) is 1.56. The van der Waals surface area contributed by atoms with E-state index in [4.69, 9.17) is 26.1 Å². The Morgan fingerprint density at radius 1 is 0.907 bits per heavy atom. The molecule has 1 spiro atoms. The zero-order chi connectivity index (χ0) is 30.0. The molecule has 0 aliphatic carbocycles. The Labute approximate surface area is 257 Å². The number of ether oxygens (including phenoxy) is 2. The minimum absolute atomic E-state index is 0.00280. The lowest BCUT2D eigenvalue weighted by Crippen LogP contribution is -2.47. The number of piperidine rings is 1. The van der Waals surface area contributed by atoms with E-state index in [1.54, 1.807) is 12.1 Å². The Kier molecular flexibility index (Phi) is 8.72. The maximum Gasteiger partial charge on any atom is 0.416 e. The molecule has 43 heavy (non-hydrogen) atoms. The molecule has 1 amide bonds. The molecule has 6 rings (SSSR count). The number of aromatic nitrogens is 2. The average Bonchev–Trinajstić information content (AvgIpc) is 3.47. The van der Waals surface area contributed by atoms with Crippen molar-refractivity contribution in [2.24, 2.45) is 0 Å². The van der Waals surface area contributed by atoms with Gasteiger partial charge in [-0.1, -0.05) is 41.6 Å². The smallest absolute Gasteiger partial charge is 0.368 e. The van der Waals surface area contributed by atoms with Gasteiger partial charge >= 0.3 is 6.18 Å². The van der Waals surface area contributed by atoms with Crippen molar-refractivity contribution in [3.05, 3.63) is 76.4 Å². The van der Waals surface area contributed by atoms with Crippen molar-refractivity contribution in [1.82, 2.24) is 14.9 Å². The van der Waals surface area contributed by atoms with E-state index >= 15 is 0 Å². The Morgan fingerprint density at radius 3 is 2.26 bits per heavy atom. The summed E-state index contributed by atoms with van der Waals surface area (Å²) in [4.78, 5) is 27.9. The molecule has 0 saturated carbocycles. The van der Waals surface area contributed by atoms with Crippen molar-refractivity contribution in [1.29, 1.82) is 0 Å². The number of thioether (sulfide) groups is 1. The molecule has 0 unspecified atom stereocenters.